The lowest BCUT2D eigenvalue weighted by Gasteiger charge is -2.12. The van der Waals surface area contributed by atoms with Gasteiger partial charge in [-0.2, -0.15) is 0 Å². The van der Waals surface area contributed by atoms with Crippen molar-refractivity contribution in [1.82, 2.24) is 14.8 Å². The number of nitrogens with two attached hydrogens (primary N) is 1. The normalized spacial score (nSPS) is 11.8. The molecule has 7 nitrogen and oxygen atoms in total. The molecule has 2 aromatic carbocycles. The second-order valence-electron chi connectivity index (χ2n) is 6.04. The Labute approximate surface area is 165 Å². The van der Waals surface area contributed by atoms with E-state index in [9.17, 15) is 14.0 Å². The summed E-state index contributed by atoms with van der Waals surface area (Å²) in [6.07, 6.45) is 0. The van der Waals surface area contributed by atoms with Gasteiger partial charge in [-0.25, -0.2) is 4.39 Å². The van der Waals surface area contributed by atoms with Gasteiger partial charge in [-0.1, -0.05) is 23.9 Å². The molecule has 28 heavy (non-hydrogen) atoms. The van der Waals surface area contributed by atoms with Gasteiger partial charge in [0.15, 0.2) is 11.0 Å². The fourth-order valence-corrected chi connectivity index (χ4v) is 3.28. The number of aromatic nitrogens is 3. The second-order valence-corrected chi connectivity index (χ2v) is 7.34. The number of rotatable bonds is 6. The standard InChI is InChI=1S/C19H18FN5O2S/c1-11(18(27)22-13-9-7-12(8-10-13)16(21)26)28-19-24-23-17(25(19)2)14-5-3-4-6-15(14)20/h3-11H,1-2H3,(H2,21,26)(H,22,27)/t11-/m1/s1. The third-order valence-corrected chi connectivity index (χ3v) is 5.17. The summed E-state index contributed by atoms with van der Waals surface area (Å²) >= 11 is 1.21. The van der Waals surface area contributed by atoms with Gasteiger partial charge in [0.2, 0.25) is 11.8 Å². The number of thioether (sulfide) groups is 1. The van der Waals surface area contributed by atoms with Crippen molar-refractivity contribution in [3.05, 3.63) is 59.9 Å². The summed E-state index contributed by atoms with van der Waals surface area (Å²) in [7, 11) is 1.72. The molecule has 3 N–H and O–H groups in total. The molecule has 0 saturated carbocycles. The molecule has 0 unspecified atom stereocenters. The van der Waals surface area contributed by atoms with Crippen molar-refractivity contribution >= 4 is 29.3 Å². The van der Waals surface area contributed by atoms with Crippen LogP contribution in [0, 0.1) is 5.82 Å². The highest BCUT2D eigenvalue weighted by Crippen LogP contribution is 2.27. The van der Waals surface area contributed by atoms with Gasteiger partial charge in [0, 0.05) is 18.3 Å². The summed E-state index contributed by atoms with van der Waals surface area (Å²) in [5.74, 6) is -0.781. The van der Waals surface area contributed by atoms with Crippen LogP contribution in [0.2, 0.25) is 0 Å². The first kappa shape index (κ1) is 19.6. The molecule has 1 aromatic heterocycles. The van der Waals surface area contributed by atoms with E-state index in [0.29, 0.717) is 27.8 Å². The maximum atomic E-state index is 14.0. The van der Waals surface area contributed by atoms with E-state index in [2.05, 4.69) is 15.5 Å². The zero-order valence-corrected chi connectivity index (χ0v) is 16.0. The molecule has 144 valence electrons. The third-order valence-electron chi connectivity index (χ3n) is 4.04. The van der Waals surface area contributed by atoms with E-state index in [1.165, 1.54) is 17.8 Å². The first-order valence-electron chi connectivity index (χ1n) is 8.38. The number of benzene rings is 2. The lowest BCUT2D eigenvalue weighted by atomic mass is 10.2. The van der Waals surface area contributed by atoms with E-state index in [0.717, 1.165) is 0 Å². The quantitative estimate of drug-likeness (QED) is 0.621. The number of hydrogen-bond acceptors (Lipinski definition) is 5. The van der Waals surface area contributed by atoms with Crippen LogP contribution in [0.25, 0.3) is 11.4 Å². The highest BCUT2D eigenvalue weighted by atomic mass is 32.2. The van der Waals surface area contributed by atoms with Crippen LogP contribution in [-0.4, -0.2) is 31.8 Å². The monoisotopic (exact) mass is 399 g/mol. The number of nitrogens with one attached hydrogen (secondary N) is 1. The Balaban J connectivity index is 1.69. The number of halogens is 1. The van der Waals surface area contributed by atoms with Crippen molar-refractivity contribution in [2.75, 3.05) is 5.32 Å². The molecule has 2 amide bonds. The minimum absolute atomic E-state index is 0.243. The zero-order chi connectivity index (χ0) is 20.3. The molecule has 3 rings (SSSR count). The highest BCUT2D eigenvalue weighted by molar-refractivity contribution is 8.00. The van der Waals surface area contributed by atoms with Gasteiger partial charge >= 0.3 is 0 Å². The van der Waals surface area contributed by atoms with Gasteiger partial charge in [-0.05, 0) is 43.3 Å². The Morgan fingerprint density at radius 2 is 1.82 bits per heavy atom. The molecule has 1 heterocycles. The fourth-order valence-electron chi connectivity index (χ4n) is 2.47. The smallest absolute Gasteiger partial charge is 0.248 e. The fraction of sp³-hybridized carbons (Fsp3) is 0.158. The summed E-state index contributed by atoms with van der Waals surface area (Å²) in [5.41, 5.74) is 6.45. The molecule has 0 radical (unpaired) electrons. The topological polar surface area (TPSA) is 103 Å². The maximum absolute atomic E-state index is 14.0. The number of carbonyl (C=O) groups is 2. The van der Waals surface area contributed by atoms with Crippen molar-refractivity contribution in [3.63, 3.8) is 0 Å². The van der Waals surface area contributed by atoms with Crippen LogP contribution in [0.15, 0.2) is 53.7 Å². The van der Waals surface area contributed by atoms with Crippen LogP contribution in [0.4, 0.5) is 10.1 Å². The number of hydrogen-bond donors (Lipinski definition) is 2. The van der Waals surface area contributed by atoms with Crippen molar-refractivity contribution in [1.29, 1.82) is 0 Å². The average molecular weight is 399 g/mol. The van der Waals surface area contributed by atoms with Gasteiger partial charge in [0.05, 0.1) is 10.8 Å². The number of primary amides is 1. The summed E-state index contributed by atoms with van der Waals surface area (Å²) in [4.78, 5) is 23.5. The van der Waals surface area contributed by atoms with E-state index < -0.39 is 11.2 Å². The minimum atomic E-state index is -0.533. The summed E-state index contributed by atoms with van der Waals surface area (Å²) < 4.78 is 15.6. The summed E-state index contributed by atoms with van der Waals surface area (Å²) in [6.45, 7) is 1.73. The van der Waals surface area contributed by atoms with E-state index in [1.807, 2.05) is 0 Å². The van der Waals surface area contributed by atoms with Gasteiger partial charge in [0.25, 0.3) is 0 Å². The van der Waals surface area contributed by atoms with E-state index >= 15 is 0 Å². The number of nitrogens with zero attached hydrogens (tertiary/aromatic N) is 3. The largest absolute Gasteiger partial charge is 0.366 e. The van der Waals surface area contributed by atoms with Gasteiger partial charge < -0.3 is 15.6 Å². The first-order valence-corrected chi connectivity index (χ1v) is 9.26. The Morgan fingerprint density at radius 1 is 1.14 bits per heavy atom. The summed E-state index contributed by atoms with van der Waals surface area (Å²) in [6, 6.07) is 12.6. The van der Waals surface area contributed by atoms with E-state index in [4.69, 9.17) is 5.73 Å². The van der Waals surface area contributed by atoms with Crippen LogP contribution in [0.3, 0.4) is 0 Å². The lowest BCUT2D eigenvalue weighted by molar-refractivity contribution is -0.115. The first-order chi connectivity index (χ1) is 13.4. The molecule has 0 bridgehead atoms. The third kappa shape index (κ3) is 4.20. The van der Waals surface area contributed by atoms with E-state index in [-0.39, 0.29) is 11.7 Å². The van der Waals surface area contributed by atoms with Crippen LogP contribution < -0.4 is 11.1 Å². The predicted octanol–water partition coefficient (Wildman–Crippen LogP) is 2.84. The Kier molecular flexibility index (Phi) is 5.74. The van der Waals surface area contributed by atoms with Gasteiger partial charge in [-0.3, -0.25) is 9.59 Å². The summed E-state index contributed by atoms with van der Waals surface area (Å²) in [5, 5.41) is 10.9. The molecule has 0 fully saturated rings. The van der Waals surface area contributed by atoms with Crippen LogP contribution >= 0.6 is 11.8 Å². The van der Waals surface area contributed by atoms with Crippen LogP contribution in [-0.2, 0) is 11.8 Å². The molecule has 0 aliphatic carbocycles. The lowest BCUT2D eigenvalue weighted by Crippen LogP contribution is -2.23. The zero-order valence-electron chi connectivity index (χ0n) is 15.2. The van der Waals surface area contributed by atoms with E-state index in [1.54, 1.807) is 61.0 Å². The highest BCUT2D eigenvalue weighted by Gasteiger charge is 2.20. The van der Waals surface area contributed by atoms with Gasteiger partial charge in [-0.15, -0.1) is 10.2 Å². The van der Waals surface area contributed by atoms with Crippen LogP contribution in [0.5, 0.6) is 0 Å². The number of anilines is 1. The van der Waals surface area contributed by atoms with Gasteiger partial charge in [0.1, 0.15) is 5.82 Å². The molecule has 0 aliphatic heterocycles. The van der Waals surface area contributed by atoms with Crippen LogP contribution in [0.1, 0.15) is 17.3 Å². The second kappa shape index (κ2) is 8.22. The molecular weight excluding hydrogens is 381 g/mol. The molecule has 0 spiro atoms. The molecule has 1 atom stereocenters. The number of carbonyl (C=O) groups excluding carboxylic acids is 2. The number of amides is 2. The molecule has 0 saturated heterocycles. The SMILES string of the molecule is C[C@@H](Sc1nnc(-c2ccccc2F)n1C)C(=O)Nc1ccc(C(N)=O)cc1. The van der Waals surface area contributed by atoms with Crippen molar-refractivity contribution in [3.8, 4) is 11.4 Å². The van der Waals surface area contributed by atoms with Crippen molar-refractivity contribution < 1.29 is 14.0 Å². The molecule has 3 aromatic rings. The predicted molar refractivity (Wildman–Crippen MR) is 105 cm³/mol. The van der Waals surface area contributed by atoms with Crippen molar-refractivity contribution in [2.24, 2.45) is 12.8 Å². The average Bonchev–Trinajstić information content (AvgIpc) is 3.03. The maximum Gasteiger partial charge on any atom is 0.248 e. The molecule has 9 heteroatoms. The Hall–Kier alpha value is -3.20. The molecular formula is C19H18FN5O2S. The molecule has 0 aliphatic rings. The Bertz CT molecular complexity index is 1020. The van der Waals surface area contributed by atoms with Crippen molar-refractivity contribution in [2.45, 2.75) is 17.3 Å². The Morgan fingerprint density at radius 3 is 2.46 bits per heavy atom. The minimum Gasteiger partial charge on any atom is -0.366 e.